The number of para-hydroxylation sites is 2. The predicted octanol–water partition coefficient (Wildman–Crippen LogP) is 6.30. The molecule has 0 radical (unpaired) electrons. The van der Waals surface area contributed by atoms with Crippen molar-refractivity contribution in [2.45, 2.75) is 45.4 Å². The lowest BCUT2D eigenvalue weighted by molar-refractivity contribution is -0.116. The highest BCUT2D eigenvalue weighted by Crippen LogP contribution is 2.15. The summed E-state index contributed by atoms with van der Waals surface area (Å²) in [5, 5.41) is 0. The van der Waals surface area contributed by atoms with E-state index in [0.717, 1.165) is 17.8 Å². The van der Waals surface area contributed by atoms with Gasteiger partial charge in [-0.25, -0.2) is 4.99 Å². The van der Waals surface area contributed by atoms with E-state index in [4.69, 9.17) is 0 Å². The minimum absolute atomic E-state index is 0.0145. The van der Waals surface area contributed by atoms with E-state index in [9.17, 15) is 4.79 Å². The van der Waals surface area contributed by atoms with Crippen LogP contribution in [-0.4, -0.2) is 12.2 Å². The molecule has 0 aliphatic carbocycles. The van der Waals surface area contributed by atoms with Crippen LogP contribution in [0.2, 0.25) is 0 Å². The van der Waals surface area contributed by atoms with Crippen LogP contribution in [0, 0.1) is 0 Å². The zero-order valence-corrected chi connectivity index (χ0v) is 15.6. The molecule has 2 aromatic carbocycles. The van der Waals surface area contributed by atoms with E-state index in [2.05, 4.69) is 18.0 Å². The molecule has 0 atom stereocenters. The van der Waals surface area contributed by atoms with Gasteiger partial charge in [-0.15, -0.1) is 0 Å². The lowest BCUT2D eigenvalue weighted by Gasteiger charge is -2.17. The van der Waals surface area contributed by atoms with Gasteiger partial charge in [-0.3, -0.25) is 9.69 Å². The van der Waals surface area contributed by atoms with Crippen LogP contribution in [-0.2, 0) is 4.79 Å². The lowest BCUT2D eigenvalue weighted by atomic mass is 10.1. The fourth-order valence-corrected chi connectivity index (χ4v) is 2.59. The molecule has 0 aliphatic heterocycles. The first-order valence-electron chi connectivity index (χ1n) is 9.42. The topological polar surface area (TPSA) is 32.7 Å². The molecule has 2 rings (SSSR count). The summed E-state index contributed by atoms with van der Waals surface area (Å²) in [7, 11) is 0. The third-order valence-corrected chi connectivity index (χ3v) is 4.07. The summed E-state index contributed by atoms with van der Waals surface area (Å²) >= 11 is 0. The number of allylic oxidation sites excluding steroid dienone is 1. The molecule has 0 unspecified atom stereocenters. The van der Waals surface area contributed by atoms with E-state index in [1.165, 1.54) is 25.7 Å². The fraction of sp³-hybridized carbons (Fsp3) is 0.304. The standard InChI is InChI=1S/C23H28N2O/c1-2-3-4-5-6-7-14-19-23(26)25(22-17-12-9-13-18-22)20-24-21-15-10-8-11-16-21/h7-18,20H,2-6,19H2,1H3/b14-7+,24-20?. The van der Waals surface area contributed by atoms with Gasteiger partial charge in [0.05, 0.1) is 5.69 Å². The van der Waals surface area contributed by atoms with Crippen LogP contribution >= 0.6 is 0 Å². The van der Waals surface area contributed by atoms with Gasteiger partial charge in [0.15, 0.2) is 0 Å². The maximum Gasteiger partial charge on any atom is 0.236 e. The molecule has 2 aromatic rings. The Hall–Kier alpha value is -2.68. The number of rotatable bonds is 10. The number of carbonyl (C=O) groups excluding carboxylic acids is 1. The summed E-state index contributed by atoms with van der Waals surface area (Å²) in [6.45, 7) is 2.21. The molecular weight excluding hydrogens is 320 g/mol. The van der Waals surface area contributed by atoms with Crippen LogP contribution in [0.4, 0.5) is 11.4 Å². The zero-order chi connectivity index (χ0) is 18.5. The maximum atomic E-state index is 12.7. The number of benzene rings is 2. The predicted molar refractivity (Wildman–Crippen MR) is 111 cm³/mol. The Morgan fingerprint density at radius 2 is 1.62 bits per heavy atom. The highest BCUT2D eigenvalue weighted by atomic mass is 16.2. The van der Waals surface area contributed by atoms with Crippen LogP contribution in [0.1, 0.15) is 45.4 Å². The van der Waals surface area contributed by atoms with Crippen molar-refractivity contribution < 1.29 is 4.79 Å². The molecule has 3 nitrogen and oxygen atoms in total. The van der Waals surface area contributed by atoms with Gasteiger partial charge in [0, 0.05) is 12.1 Å². The van der Waals surface area contributed by atoms with E-state index >= 15 is 0 Å². The highest BCUT2D eigenvalue weighted by Gasteiger charge is 2.12. The largest absolute Gasteiger partial charge is 0.274 e. The molecule has 3 heteroatoms. The Morgan fingerprint density at radius 3 is 2.31 bits per heavy atom. The van der Waals surface area contributed by atoms with Crippen molar-refractivity contribution in [3.63, 3.8) is 0 Å². The highest BCUT2D eigenvalue weighted by molar-refractivity contribution is 6.09. The van der Waals surface area contributed by atoms with E-state index in [-0.39, 0.29) is 5.91 Å². The first-order chi connectivity index (χ1) is 12.8. The van der Waals surface area contributed by atoms with Gasteiger partial charge in [-0.05, 0) is 37.1 Å². The molecule has 0 saturated carbocycles. The molecule has 0 heterocycles. The van der Waals surface area contributed by atoms with Crippen molar-refractivity contribution in [3.05, 3.63) is 72.8 Å². The number of carbonyl (C=O) groups is 1. The third kappa shape index (κ3) is 7.06. The Kier molecular flexibility index (Phi) is 8.92. The summed E-state index contributed by atoms with van der Waals surface area (Å²) in [4.78, 5) is 18.7. The number of anilines is 1. The Balaban J connectivity index is 1.98. The van der Waals surface area contributed by atoms with Gasteiger partial charge in [0.25, 0.3) is 0 Å². The van der Waals surface area contributed by atoms with Gasteiger partial charge < -0.3 is 0 Å². The Morgan fingerprint density at radius 1 is 0.923 bits per heavy atom. The molecule has 0 saturated heterocycles. The van der Waals surface area contributed by atoms with Crippen molar-refractivity contribution in [3.8, 4) is 0 Å². The molecule has 136 valence electrons. The molecular formula is C23H28N2O. The molecule has 0 N–H and O–H groups in total. The number of aliphatic imine (C=N–C) groups is 1. The Labute approximate surface area is 157 Å². The monoisotopic (exact) mass is 348 g/mol. The molecule has 26 heavy (non-hydrogen) atoms. The average Bonchev–Trinajstić information content (AvgIpc) is 2.69. The summed E-state index contributed by atoms with van der Waals surface area (Å²) in [6.07, 6.45) is 12.1. The second-order valence-corrected chi connectivity index (χ2v) is 6.20. The SMILES string of the molecule is CCCCCC/C=C/CC(=O)N(C=Nc1ccccc1)c1ccccc1. The van der Waals surface area contributed by atoms with Crippen LogP contribution < -0.4 is 4.90 Å². The minimum atomic E-state index is 0.0145. The summed E-state index contributed by atoms with van der Waals surface area (Å²) in [5.41, 5.74) is 1.65. The number of amides is 1. The number of hydrogen-bond donors (Lipinski definition) is 0. The van der Waals surface area contributed by atoms with Crippen molar-refractivity contribution in [1.82, 2.24) is 0 Å². The van der Waals surface area contributed by atoms with Gasteiger partial charge in [-0.1, -0.05) is 74.7 Å². The quantitative estimate of drug-likeness (QED) is 0.215. The van der Waals surface area contributed by atoms with E-state index in [1.54, 1.807) is 11.2 Å². The second kappa shape index (κ2) is 11.8. The van der Waals surface area contributed by atoms with E-state index < -0.39 is 0 Å². The van der Waals surface area contributed by atoms with Crippen molar-refractivity contribution >= 4 is 23.6 Å². The van der Waals surface area contributed by atoms with Crippen molar-refractivity contribution in [2.24, 2.45) is 4.99 Å². The van der Waals surface area contributed by atoms with Gasteiger partial charge in [0.1, 0.15) is 6.34 Å². The third-order valence-electron chi connectivity index (χ3n) is 4.07. The van der Waals surface area contributed by atoms with Crippen molar-refractivity contribution in [2.75, 3.05) is 4.90 Å². The van der Waals surface area contributed by atoms with Gasteiger partial charge >= 0.3 is 0 Å². The smallest absolute Gasteiger partial charge is 0.236 e. The number of unbranched alkanes of at least 4 members (excludes halogenated alkanes) is 4. The second-order valence-electron chi connectivity index (χ2n) is 6.20. The van der Waals surface area contributed by atoms with Crippen LogP contribution in [0.25, 0.3) is 0 Å². The van der Waals surface area contributed by atoms with E-state index in [0.29, 0.717) is 6.42 Å². The molecule has 0 aliphatic rings. The fourth-order valence-electron chi connectivity index (χ4n) is 2.59. The summed E-state index contributed by atoms with van der Waals surface area (Å²) < 4.78 is 0. The zero-order valence-electron chi connectivity index (χ0n) is 15.6. The van der Waals surface area contributed by atoms with E-state index in [1.807, 2.05) is 66.7 Å². The minimum Gasteiger partial charge on any atom is -0.274 e. The molecule has 0 spiro atoms. The molecule has 0 bridgehead atoms. The maximum absolute atomic E-state index is 12.7. The number of nitrogens with zero attached hydrogens (tertiary/aromatic N) is 2. The van der Waals surface area contributed by atoms with Gasteiger partial charge in [-0.2, -0.15) is 0 Å². The molecule has 1 amide bonds. The first kappa shape index (κ1) is 19.6. The summed E-state index contributed by atoms with van der Waals surface area (Å²) in [6, 6.07) is 19.3. The van der Waals surface area contributed by atoms with Gasteiger partial charge in [0.2, 0.25) is 5.91 Å². The van der Waals surface area contributed by atoms with Crippen molar-refractivity contribution in [1.29, 1.82) is 0 Å². The Bertz CT molecular complexity index is 693. The average molecular weight is 348 g/mol. The van der Waals surface area contributed by atoms with Crippen LogP contribution in [0.3, 0.4) is 0 Å². The molecule has 0 fully saturated rings. The van der Waals surface area contributed by atoms with Crippen LogP contribution in [0.15, 0.2) is 77.8 Å². The lowest BCUT2D eigenvalue weighted by Crippen LogP contribution is -2.28. The summed E-state index contributed by atoms with van der Waals surface area (Å²) in [5.74, 6) is 0.0145. The van der Waals surface area contributed by atoms with Crippen LogP contribution in [0.5, 0.6) is 0 Å². The molecule has 0 aromatic heterocycles. The normalized spacial score (nSPS) is 11.3. The number of hydrogen-bond acceptors (Lipinski definition) is 2. The first-order valence-corrected chi connectivity index (χ1v) is 9.42.